The van der Waals surface area contributed by atoms with E-state index in [1.807, 2.05) is 74.5 Å². The van der Waals surface area contributed by atoms with Gasteiger partial charge in [0.25, 0.3) is 0 Å². The molecule has 3 amide bonds. The molecule has 1 saturated heterocycles. The van der Waals surface area contributed by atoms with Crippen molar-refractivity contribution in [3.63, 3.8) is 0 Å². The van der Waals surface area contributed by atoms with E-state index in [9.17, 15) is 19.5 Å². The summed E-state index contributed by atoms with van der Waals surface area (Å²) in [6, 6.07) is 18.3. The lowest BCUT2D eigenvalue weighted by atomic mass is 9.91. The van der Waals surface area contributed by atoms with Gasteiger partial charge in [0.2, 0.25) is 5.91 Å². The lowest BCUT2D eigenvalue weighted by molar-refractivity contribution is -0.138. The van der Waals surface area contributed by atoms with Gasteiger partial charge in [-0.3, -0.25) is 4.79 Å². The van der Waals surface area contributed by atoms with E-state index in [4.69, 9.17) is 9.47 Å². The number of aliphatic hydroxyl groups excluding tert-OH is 1. The number of imide groups is 1. The summed E-state index contributed by atoms with van der Waals surface area (Å²) in [5, 5.41) is 11.5. The minimum absolute atomic E-state index is 0.0127. The Morgan fingerprint density at radius 3 is 2.16 bits per heavy atom. The highest BCUT2D eigenvalue weighted by molar-refractivity contribution is 5.95. The summed E-state index contributed by atoms with van der Waals surface area (Å²) < 4.78 is 10.8. The van der Waals surface area contributed by atoms with Gasteiger partial charge in [-0.15, -0.1) is 0 Å². The van der Waals surface area contributed by atoms with Gasteiger partial charge in [0.15, 0.2) is 0 Å². The molecule has 8 heteroatoms. The van der Waals surface area contributed by atoms with Crippen LogP contribution in [0.25, 0.3) is 0 Å². The molecule has 0 saturated carbocycles. The Morgan fingerprint density at radius 1 is 1.05 bits per heavy atom. The Kier molecular flexibility index (Phi) is 9.32. The van der Waals surface area contributed by atoms with Crippen LogP contribution in [0.15, 0.2) is 60.7 Å². The number of benzene rings is 2. The Balaban J connectivity index is 1.90. The molecule has 200 valence electrons. The number of ether oxygens (including phenoxy) is 2. The molecule has 0 bridgehead atoms. The van der Waals surface area contributed by atoms with Crippen LogP contribution in [-0.4, -0.2) is 63.9 Å². The maximum absolute atomic E-state index is 13.8. The van der Waals surface area contributed by atoms with Crippen LogP contribution in [0.1, 0.15) is 45.7 Å². The fourth-order valence-corrected chi connectivity index (χ4v) is 4.30. The van der Waals surface area contributed by atoms with Crippen LogP contribution < -0.4 is 0 Å². The average molecular weight is 511 g/mol. The molecule has 3 rings (SSSR count). The molecule has 1 N–H and O–H groups in total. The second-order valence-corrected chi connectivity index (χ2v) is 10.8. The highest BCUT2D eigenvalue weighted by atomic mass is 16.6. The summed E-state index contributed by atoms with van der Waals surface area (Å²) >= 11 is 0. The van der Waals surface area contributed by atoms with Crippen molar-refractivity contribution >= 4 is 18.1 Å². The predicted molar refractivity (Wildman–Crippen MR) is 140 cm³/mol. The lowest BCUT2D eigenvalue weighted by Crippen LogP contribution is -2.51. The van der Waals surface area contributed by atoms with E-state index in [-0.39, 0.29) is 32.0 Å². The summed E-state index contributed by atoms with van der Waals surface area (Å²) in [7, 11) is 0. The van der Waals surface area contributed by atoms with Gasteiger partial charge >= 0.3 is 12.2 Å². The van der Waals surface area contributed by atoms with Crippen molar-refractivity contribution in [1.29, 1.82) is 0 Å². The van der Waals surface area contributed by atoms with Crippen molar-refractivity contribution in [2.45, 2.75) is 65.3 Å². The van der Waals surface area contributed by atoms with Crippen molar-refractivity contribution in [2.75, 3.05) is 13.2 Å². The van der Waals surface area contributed by atoms with Crippen molar-refractivity contribution < 1.29 is 29.0 Å². The van der Waals surface area contributed by atoms with Crippen molar-refractivity contribution in [2.24, 2.45) is 11.8 Å². The molecule has 1 aliphatic rings. The minimum Gasteiger partial charge on any atom is -0.447 e. The number of amides is 3. The quantitative estimate of drug-likeness (QED) is 0.528. The third-order valence-corrected chi connectivity index (χ3v) is 6.27. The minimum atomic E-state index is -1.26. The van der Waals surface area contributed by atoms with E-state index in [1.54, 1.807) is 20.8 Å². The summed E-state index contributed by atoms with van der Waals surface area (Å²) in [6.07, 6.45) is -2.36. The zero-order valence-electron chi connectivity index (χ0n) is 22.3. The van der Waals surface area contributed by atoms with Gasteiger partial charge in [0, 0.05) is 6.54 Å². The molecular formula is C29H38N2O6. The summed E-state index contributed by atoms with van der Waals surface area (Å²) in [6.45, 7) is 9.31. The van der Waals surface area contributed by atoms with E-state index in [0.29, 0.717) is 0 Å². The number of cyclic esters (lactones) is 1. The zero-order chi connectivity index (χ0) is 27.2. The third-order valence-electron chi connectivity index (χ3n) is 6.27. The maximum atomic E-state index is 13.8. The van der Waals surface area contributed by atoms with Gasteiger partial charge in [-0.05, 0) is 44.2 Å². The van der Waals surface area contributed by atoms with Gasteiger partial charge < -0.3 is 19.5 Å². The number of hydrogen-bond acceptors (Lipinski definition) is 6. The van der Waals surface area contributed by atoms with Gasteiger partial charge in [0.1, 0.15) is 12.2 Å². The fraction of sp³-hybridized carbons (Fsp3) is 0.483. The summed E-state index contributed by atoms with van der Waals surface area (Å²) in [4.78, 5) is 42.0. The Hall–Kier alpha value is -3.39. The zero-order valence-corrected chi connectivity index (χ0v) is 22.3. The number of rotatable bonds is 9. The number of hydrogen-bond donors (Lipinski definition) is 1. The van der Waals surface area contributed by atoms with Gasteiger partial charge in [-0.2, -0.15) is 0 Å². The van der Waals surface area contributed by atoms with Gasteiger partial charge in [-0.1, -0.05) is 74.5 Å². The molecule has 0 aliphatic carbocycles. The van der Waals surface area contributed by atoms with Crippen molar-refractivity contribution in [3.8, 4) is 0 Å². The van der Waals surface area contributed by atoms with Crippen LogP contribution in [0.4, 0.5) is 9.59 Å². The molecule has 1 fully saturated rings. The van der Waals surface area contributed by atoms with E-state index in [1.165, 1.54) is 4.90 Å². The highest BCUT2D eigenvalue weighted by Crippen LogP contribution is 2.26. The first kappa shape index (κ1) is 28.2. The molecule has 2 aromatic rings. The van der Waals surface area contributed by atoms with Crippen LogP contribution in [0, 0.1) is 11.8 Å². The number of carbonyl (C=O) groups excluding carboxylic acids is 3. The Labute approximate surface area is 219 Å². The van der Waals surface area contributed by atoms with Crippen LogP contribution in [0.2, 0.25) is 0 Å². The first-order chi connectivity index (χ1) is 17.5. The molecular weight excluding hydrogens is 472 g/mol. The fourth-order valence-electron chi connectivity index (χ4n) is 4.30. The molecule has 3 atom stereocenters. The molecule has 0 radical (unpaired) electrons. The highest BCUT2D eigenvalue weighted by Gasteiger charge is 2.44. The molecule has 0 aromatic heterocycles. The van der Waals surface area contributed by atoms with E-state index >= 15 is 0 Å². The predicted octanol–water partition coefficient (Wildman–Crippen LogP) is 4.65. The van der Waals surface area contributed by atoms with Crippen LogP contribution >= 0.6 is 0 Å². The molecule has 1 aliphatic heterocycles. The number of carbonyl (C=O) groups is 3. The monoisotopic (exact) mass is 510 g/mol. The molecule has 8 nitrogen and oxygen atoms in total. The van der Waals surface area contributed by atoms with Crippen molar-refractivity contribution in [1.82, 2.24) is 9.80 Å². The number of aliphatic hydroxyl groups is 1. The Morgan fingerprint density at radius 2 is 1.62 bits per heavy atom. The van der Waals surface area contributed by atoms with Crippen LogP contribution in [0.3, 0.4) is 0 Å². The normalized spacial score (nSPS) is 17.3. The molecule has 0 unspecified atom stereocenters. The standard InChI is InChI=1S/C29H38N2O6/c1-20(2)24-19-36-28(35)31(24)26(33)23(16-21-12-8-6-9-13-21)25(32)18-30(27(34)37-29(3,4)5)17-22-14-10-7-11-15-22/h6-15,20,23-25,32H,16-19H2,1-5H3/t23-,24+,25+/m1/s1. The summed E-state index contributed by atoms with van der Waals surface area (Å²) in [5.74, 6) is -1.50. The van der Waals surface area contributed by atoms with Crippen molar-refractivity contribution in [3.05, 3.63) is 71.8 Å². The third kappa shape index (κ3) is 7.79. The molecule has 37 heavy (non-hydrogen) atoms. The largest absolute Gasteiger partial charge is 0.447 e. The van der Waals surface area contributed by atoms with E-state index in [0.717, 1.165) is 16.0 Å². The maximum Gasteiger partial charge on any atom is 0.416 e. The second-order valence-electron chi connectivity index (χ2n) is 10.8. The van der Waals surface area contributed by atoms with Crippen LogP contribution in [-0.2, 0) is 27.2 Å². The van der Waals surface area contributed by atoms with E-state index in [2.05, 4.69) is 0 Å². The van der Waals surface area contributed by atoms with Crippen LogP contribution in [0.5, 0.6) is 0 Å². The number of nitrogens with zero attached hydrogens (tertiary/aromatic N) is 2. The summed E-state index contributed by atoms with van der Waals surface area (Å²) in [5.41, 5.74) is 0.954. The SMILES string of the molecule is CC(C)[C@@H]1COC(=O)N1C(=O)[C@H](Cc1ccccc1)[C@@H](O)CN(Cc1ccccc1)C(=O)OC(C)(C)C. The average Bonchev–Trinajstić information content (AvgIpc) is 3.23. The molecule has 2 aromatic carbocycles. The molecule has 0 spiro atoms. The topological polar surface area (TPSA) is 96.4 Å². The van der Waals surface area contributed by atoms with Gasteiger partial charge in [0.05, 0.1) is 24.6 Å². The lowest BCUT2D eigenvalue weighted by Gasteiger charge is -2.33. The Bertz CT molecular complexity index is 1050. The van der Waals surface area contributed by atoms with E-state index < -0.39 is 41.8 Å². The first-order valence-electron chi connectivity index (χ1n) is 12.7. The second kappa shape index (κ2) is 12.2. The van der Waals surface area contributed by atoms with Gasteiger partial charge in [-0.25, -0.2) is 14.5 Å². The first-order valence-corrected chi connectivity index (χ1v) is 12.7. The molecule has 1 heterocycles. The smallest absolute Gasteiger partial charge is 0.416 e.